The van der Waals surface area contributed by atoms with Crippen LogP contribution in [0.1, 0.15) is 30.0 Å². The van der Waals surface area contributed by atoms with E-state index in [2.05, 4.69) is 34.5 Å². The Hall–Kier alpha value is -2.35. The van der Waals surface area contributed by atoms with Crippen molar-refractivity contribution in [1.29, 1.82) is 0 Å². The molecule has 0 atom stereocenters. The largest absolute Gasteiger partial charge is 0.296 e. The van der Waals surface area contributed by atoms with Crippen molar-refractivity contribution in [3.05, 3.63) is 41.5 Å². The Balaban J connectivity index is 1.80. The van der Waals surface area contributed by atoms with Crippen molar-refractivity contribution in [3.63, 3.8) is 0 Å². The van der Waals surface area contributed by atoms with Crippen LogP contribution in [0.2, 0.25) is 0 Å². The Morgan fingerprint density at radius 3 is 2.73 bits per heavy atom. The summed E-state index contributed by atoms with van der Waals surface area (Å²) in [7, 11) is 0. The van der Waals surface area contributed by atoms with Crippen LogP contribution < -0.4 is 5.32 Å². The molecule has 8 heteroatoms. The van der Waals surface area contributed by atoms with Gasteiger partial charge in [0.05, 0.1) is 0 Å². The van der Waals surface area contributed by atoms with E-state index in [0.29, 0.717) is 21.6 Å². The van der Waals surface area contributed by atoms with Gasteiger partial charge in [-0.3, -0.25) is 10.1 Å². The first-order chi connectivity index (χ1) is 10.5. The van der Waals surface area contributed by atoms with E-state index >= 15 is 0 Å². The fourth-order valence-corrected chi connectivity index (χ4v) is 2.72. The Bertz CT molecular complexity index is 808. The molecule has 0 fully saturated rings. The molecule has 0 bridgehead atoms. The number of amides is 1. The third kappa shape index (κ3) is 2.96. The van der Waals surface area contributed by atoms with Gasteiger partial charge in [-0.15, -0.1) is 15.3 Å². The van der Waals surface area contributed by atoms with Crippen LogP contribution in [0.4, 0.5) is 9.52 Å². The second kappa shape index (κ2) is 5.80. The quantitative estimate of drug-likeness (QED) is 0.802. The molecule has 0 saturated carbocycles. The molecule has 0 aliphatic rings. The topological polar surface area (TPSA) is 72.2 Å². The van der Waals surface area contributed by atoms with E-state index in [0.717, 1.165) is 12.2 Å². The maximum Gasteiger partial charge on any atom is 0.257 e. The van der Waals surface area contributed by atoms with Crippen LogP contribution in [0.15, 0.2) is 24.3 Å². The molecule has 22 heavy (non-hydrogen) atoms. The van der Waals surface area contributed by atoms with Gasteiger partial charge in [-0.05, 0) is 30.2 Å². The van der Waals surface area contributed by atoms with Gasteiger partial charge in [0.25, 0.3) is 5.91 Å². The first kappa shape index (κ1) is 14.6. The molecule has 1 amide bonds. The molecule has 0 aliphatic carbocycles. The first-order valence-corrected chi connectivity index (χ1v) is 7.62. The van der Waals surface area contributed by atoms with Crippen LogP contribution >= 0.6 is 11.3 Å². The number of fused-ring (bicyclic) bond motifs is 1. The molecule has 0 radical (unpaired) electrons. The van der Waals surface area contributed by atoms with Crippen molar-refractivity contribution < 1.29 is 9.18 Å². The standard InChI is InChI=1S/C14H14FN5OS/c1-8(2)7-11-17-18-14-20(11)19-13(22-14)16-12(21)9-3-5-10(15)6-4-9/h3-6,8H,7H2,1-2H3,(H,16,19,21). The van der Waals surface area contributed by atoms with E-state index in [9.17, 15) is 9.18 Å². The van der Waals surface area contributed by atoms with Crippen LogP contribution in [0, 0.1) is 11.7 Å². The SMILES string of the molecule is CC(C)Cc1nnc2sc(NC(=O)c3ccc(F)cc3)nn12. The molecule has 1 aromatic carbocycles. The summed E-state index contributed by atoms with van der Waals surface area (Å²) in [6.07, 6.45) is 0.760. The van der Waals surface area contributed by atoms with Gasteiger partial charge in [-0.2, -0.15) is 4.52 Å². The summed E-state index contributed by atoms with van der Waals surface area (Å²) in [6, 6.07) is 5.34. The van der Waals surface area contributed by atoms with E-state index in [1.807, 2.05) is 0 Å². The van der Waals surface area contributed by atoms with Crippen molar-refractivity contribution >= 4 is 27.3 Å². The minimum atomic E-state index is -0.381. The second-order valence-corrected chi connectivity index (χ2v) is 6.23. The third-order valence-electron chi connectivity index (χ3n) is 2.97. The minimum absolute atomic E-state index is 0.338. The predicted molar refractivity (Wildman–Crippen MR) is 81.6 cm³/mol. The summed E-state index contributed by atoms with van der Waals surface area (Å²) in [6.45, 7) is 4.18. The van der Waals surface area contributed by atoms with Crippen LogP contribution in [-0.2, 0) is 6.42 Å². The third-order valence-corrected chi connectivity index (χ3v) is 3.79. The number of anilines is 1. The molecule has 0 spiro atoms. The maximum absolute atomic E-state index is 12.9. The number of nitrogens with zero attached hydrogens (tertiary/aromatic N) is 4. The highest BCUT2D eigenvalue weighted by Crippen LogP contribution is 2.20. The van der Waals surface area contributed by atoms with Crippen LogP contribution in [0.25, 0.3) is 4.96 Å². The summed E-state index contributed by atoms with van der Waals surface area (Å²) < 4.78 is 14.5. The molecular formula is C14H14FN5OS. The second-order valence-electron chi connectivity index (χ2n) is 5.28. The molecule has 3 aromatic rings. The molecular weight excluding hydrogens is 305 g/mol. The van der Waals surface area contributed by atoms with Crippen LogP contribution in [0.3, 0.4) is 0 Å². The van der Waals surface area contributed by atoms with Crippen molar-refractivity contribution in [2.45, 2.75) is 20.3 Å². The Labute approximate surface area is 130 Å². The van der Waals surface area contributed by atoms with Gasteiger partial charge < -0.3 is 0 Å². The van der Waals surface area contributed by atoms with Gasteiger partial charge in [0, 0.05) is 12.0 Å². The van der Waals surface area contributed by atoms with Gasteiger partial charge >= 0.3 is 0 Å². The Morgan fingerprint density at radius 2 is 2.05 bits per heavy atom. The fraction of sp³-hybridized carbons (Fsp3) is 0.286. The summed E-state index contributed by atoms with van der Waals surface area (Å²) in [5, 5.41) is 15.6. The zero-order chi connectivity index (χ0) is 15.7. The van der Waals surface area contributed by atoms with Crippen LogP contribution in [0.5, 0.6) is 0 Å². The zero-order valence-corrected chi connectivity index (χ0v) is 12.9. The van der Waals surface area contributed by atoms with E-state index in [1.165, 1.54) is 35.6 Å². The van der Waals surface area contributed by atoms with Gasteiger partial charge in [0.1, 0.15) is 5.82 Å². The number of nitrogens with one attached hydrogen (secondary N) is 1. The lowest BCUT2D eigenvalue weighted by Crippen LogP contribution is -2.12. The molecule has 0 saturated heterocycles. The van der Waals surface area contributed by atoms with E-state index in [-0.39, 0.29) is 11.7 Å². The van der Waals surface area contributed by atoms with Gasteiger partial charge in [0.2, 0.25) is 10.1 Å². The molecule has 2 heterocycles. The molecule has 1 N–H and O–H groups in total. The number of hydrogen-bond donors (Lipinski definition) is 1. The number of aromatic nitrogens is 4. The molecule has 3 rings (SSSR count). The molecule has 0 unspecified atom stereocenters. The number of hydrogen-bond acceptors (Lipinski definition) is 5. The van der Waals surface area contributed by atoms with E-state index in [4.69, 9.17) is 0 Å². The first-order valence-electron chi connectivity index (χ1n) is 6.81. The molecule has 2 aromatic heterocycles. The molecule has 0 aliphatic heterocycles. The summed E-state index contributed by atoms with van der Waals surface area (Å²) >= 11 is 1.24. The lowest BCUT2D eigenvalue weighted by molar-refractivity contribution is 0.102. The highest BCUT2D eigenvalue weighted by molar-refractivity contribution is 7.20. The zero-order valence-electron chi connectivity index (χ0n) is 12.1. The molecule has 6 nitrogen and oxygen atoms in total. The highest BCUT2D eigenvalue weighted by atomic mass is 32.1. The summed E-state index contributed by atoms with van der Waals surface area (Å²) in [5.74, 6) is 0.485. The van der Waals surface area contributed by atoms with E-state index in [1.54, 1.807) is 4.52 Å². The lowest BCUT2D eigenvalue weighted by Gasteiger charge is -2.01. The number of carbonyl (C=O) groups is 1. The summed E-state index contributed by atoms with van der Waals surface area (Å²) in [5.41, 5.74) is 0.370. The predicted octanol–water partition coefficient (Wildman–Crippen LogP) is 2.78. The Morgan fingerprint density at radius 1 is 1.32 bits per heavy atom. The van der Waals surface area contributed by atoms with Gasteiger partial charge in [0.15, 0.2) is 5.82 Å². The van der Waals surface area contributed by atoms with E-state index < -0.39 is 0 Å². The van der Waals surface area contributed by atoms with Gasteiger partial charge in [-0.1, -0.05) is 25.2 Å². The fourth-order valence-electron chi connectivity index (χ4n) is 1.97. The van der Waals surface area contributed by atoms with Crippen LogP contribution in [-0.4, -0.2) is 25.7 Å². The highest BCUT2D eigenvalue weighted by Gasteiger charge is 2.15. The average molecular weight is 319 g/mol. The maximum atomic E-state index is 12.9. The van der Waals surface area contributed by atoms with Crippen molar-refractivity contribution in [1.82, 2.24) is 19.8 Å². The van der Waals surface area contributed by atoms with Crippen molar-refractivity contribution in [3.8, 4) is 0 Å². The minimum Gasteiger partial charge on any atom is -0.296 e. The number of benzene rings is 1. The normalized spacial score (nSPS) is 11.3. The van der Waals surface area contributed by atoms with Crippen molar-refractivity contribution in [2.24, 2.45) is 5.92 Å². The molecule has 114 valence electrons. The lowest BCUT2D eigenvalue weighted by atomic mass is 10.1. The Kier molecular flexibility index (Phi) is 3.84. The number of halogens is 1. The number of rotatable bonds is 4. The van der Waals surface area contributed by atoms with Gasteiger partial charge in [-0.25, -0.2) is 4.39 Å². The smallest absolute Gasteiger partial charge is 0.257 e. The number of carbonyl (C=O) groups excluding carboxylic acids is 1. The van der Waals surface area contributed by atoms with Crippen molar-refractivity contribution in [2.75, 3.05) is 5.32 Å². The monoisotopic (exact) mass is 319 g/mol. The summed E-state index contributed by atoms with van der Waals surface area (Å²) in [4.78, 5) is 12.7. The average Bonchev–Trinajstić information content (AvgIpc) is 3.01.